The summed E-state index contributed by atoms with van der Waals surface area (Å²) in [4.78, 5) is 2.55. The van der Waals surface area contributed by atoms with Crippen LogP contribution in [0.2, 0.25) is 10.0 Å². The molecule has 2 aromatic carbocycles. The monoisotopic (exact) mass is 362 g/mol. The van der Waals surface area contributed by atoms with E-state index in [4.69, 9.17) is 23.2 Å². The van der Waals surface area contributed by atoms with Crippen molar-refractivity contribution >= 4 is 23.2 Å². The highest BCUT2D eigenvalue weighted by atomic mass is 35.5. The number of benzene rings is 2. The van der Waals surface area contributed by atoms with E-state index in [0.717, 1.165) is 43.2 Å². The maximum absolute atomic E-state index is 6.23. The van der Waals surface area contributed by atoms with Gasteiger partial charge in [0.05, 0.1) is 0 Å². The summed E-state index contributed by atoms with van der Waals surface area (Å²) in [6.45, 7) is 4.35. The predicted molar refractivity (Wildman–Crippen MR) is 103 cm³/mol. The van der Waals surface area contributed by atoms with Crippen LogP contribution in [-0.4, -0.2) is 30.6 Å². The Morgan fingerprint density at radius 3 is 2.46 bits per heavy atom. The van der Waals surface area contributed by atoms with Gasteiger partial charge in [0.15, 0.2) is 0 Å². The van der Waals surface area contributed by atoms with Crippen LogP contribution >= 0.6 is 23.2 Å². The summed E-state index contributed by atoms with van der Waals surface area (Å²) in [5.74, 6) is 0. The zero-order valence-corrected chi connectivity index (χ0v) is 15.4. The summed E-state index contributed by atoms with van der Waals surface area (Å²) in [7, 11) is 0. The molecule has 4 heteroatoms. The van der Waals surface area contributed by atoms with Crippen LogP contribution in [0.5, 0.6) is 0 Å². The number of hydrogen-bond acceptors (Lipinski definition) is 2. The third-order valence-corrected chi connectivity index (χ3v) is 5.27. The Morgan fingerprint density at radius 2 is 1.75 bits per heavy atom. The second-order valence-corrected chi connectivity index (χ2v) is 7.32. The minimum absolute atomic E-state index is 0.614. The maximum Gasteiger partial charge on any atom is 0.0453 e. The number of hydrogen-bond donors (Lipinski definition) is 1. The van der Waals surface area contributed by atoms with Crippen molar-refractivity contribution in [3.8, 4) is 0 Å². The molecular weight excluding hydrogens is 339 g/mol. The lowest BCUT2D eigenvalue weighted by molar-refractivity contribution is 0.191. The molecule has 0 bridgehead atoms. The van der Waals surface area contributed by atoms with Crippen molar-refractivity contribution in [2.75, 3.05) is 19.6 Å². The lowest BCUT2D eigenvalue weighted by Gasteiger charge is -2.32. The molecule has 1 N–H and O–H groups in total. The van der Waals surface area contributed by atoms with Crippen LogP contribution in [0.3, 0.4) is 0 Å². The van der Waals surface area contributed by atoms with Crippen LogP contribution in [0.25, 0.3) is 0 Å². The molecule has 2 nitrogen and oxygen atoms in total. The molecule has 0 aromatic heterocycles. The van der Waals surface area contributed by atoms with Gasteiger partial charge in [-0.1, -0.05) is 59.6 Å². The van der Waals surface area contributed by atoms with Crippen LogP contribution in [0, 0.1) is 0 Å². The summed E-state index contributed by atoms with van der Waals surface area (Å²) in [5, 5.41) is 5.14. The average Bonchev–Trinajstić information content (AvgIpc) is 2.59. The second kappa shape index (κ2) is 8.87. The van der Waals surface area contributed by atoms with Crippen molar-refractivity contribution in [3.05, 3.63) is 69.7 Å². The van der Waals surface area contributed by atoms with Crippen LogP contribution in [-0.2, 0) is 13.0 Å². The molecule has 0 unspecified atom stereocenters. The van der Waals surface area contributed by atoms with Gasteiger partial charge in [-0.2, -0.15) is 0 Å². The van der Waals surface area contributed by atoms with Crippen molar-refractivity contribution in [1.82, 2.24) is 10.2 Å². The topological polar surface area (TPSA) is 15.3 Å². The van der Waals surface area contributed by atoms with E-state index in [9.17, 15) is 0 Å². The molecule has 1 saturated heterocycles. The molecule has 0 amide bonds. The van der Waals surface area contributed by atoms with Crippen molar-refractivity contribution in [1.29, 1.82) is 0 Å². The fourth-order valence-electron chi connectivity index (χ4n) is 3.27. The van der Waals surface area contributed by atoms with E-state index in [1.807, 2.05) is 18.2 Å². The molecule has 0 aliphatic carbocycles. The first-order valence-corrected chi connectivity index (χ1v) is 9.40. The van der Waals surface area contributed by atoms with Gasteiger partial charge < -0.3 is 5.32 Å². The summed E-state index contributed by atoms with van der Waals surface area (Å²) in [6, 6.07) is 17.1. The Kier molecular flexibility index (Phi) is 6.56. The quantitative estimate of drug-likeness (QED) is 0.794. The standard InChI is InChI=1S/C20H24Cl2N2/c21-18-7-6-17(20(22)14-18)8-11-23-19-9-12-24(13-10-19)15-16-4-2-1-3-5-16/h1-7,14,19,23H,8-13,15H2. The van der Waals surface area contributed by atoms with E-state index >= 15 is 0 Å². The third-order valence-electron chi connectivity index (χ3n) is 4.68. The van der Waals surface area contributed by atoms with Crippen molar-refractivity contribution in [2.24, 2.45) is 0 Å². The van der Waals surface area contributed by atoms with E-state index in [0.29, 0.717) is 11.1 Å². The van der Waals surface area contributed by atoms with Gasteiger partial charge in [-0.25, -0.2) is 0 Å². The highest BCUT2D eigenvalue weighted by molar-refractivity contribution is 6.35. The molecule has 24 heavy (non-hydrogen) atoms. The SMILES string of the molecule is Clc1ccc(CCNC2CCN(Cc3ccccc3)CC2)c(Cl)c1. The van der Waals surface area contributed by atoms with Gasteiger partial charge in [0.2, 0.25) is 0 Å². The largest absolute Gasteiger partial charge is 0.314 e. The van der Waals surface area contributed by atoms with E-state index in [1.165, 1.54) is 18.4 Å². The lowest BCUT2D eigenvalue weighted by Crippen LogP contribution is -2.42. The van der Waals surface area contributed by atoms with Gasteiger partial charge in [-0.3, -0.25) is 4.90 Å². The maximum atomic E-state index is 6.23. The molecule has 0 atom stereocenters. The molecule has 2 aromatic rings. The number of likely N-dealkylation sites (tertiary alicyclic amines) is 1. The summed E-state index contributed by atoms with van der Waals surface area (Å²) < 4.78 is 0. The smallest absolute Gasteiger partial charge is 0.0453 e. The van der Waals surface area contributed by atoms with Crippen molar-refractivity contribution in [2.45, 2.75) is 31.8 Å². The summed E-state index contributed by atoms with van der Waals surface area (Å²) >= 11 is 12.2. The Balaban J connectivity index is 1.38. The molecule has 3 rings (SSSR count). The van der Waals surface area contributed by atoms with E-state index in [-0.39, 0.29) is 0 Å². The van der Waals surface area contributed by atoms with Gasteiger partial charge in [-0.05, 0) is 62.2 Å². The third kappa shape index (κ3) is 5.22. The normalized spacial score (nSPS) is 16.4. The minimum Gasteiger partial charge on any atom is -0.314 e. The zero-order valence-electron chi connectivity index (χ0n) is 13.8. The number of piperidine rings is 1. The van der Waals surface area contributed by atoms with Gasteiger partial charge >= 0.3 is 0 Å². The first-order valence-electron chi connectivity index (χ1n) is 8.64. The highest BCUT2D eigenvalue weighted by Gasteiger charge is 2.18. The number of rotatable bonds is 6. The van der Waals surface area contributed by atoms with Gasteiger partial charge in [0.25, 0.3) is 0 Å². The van der Waals surface area contributed by atoms with Crippen molar-refractivity contribution in [3.63, 3.8) is 0 Å². The second-order valence-electron chi connectivity index (χ2n) is 6.48. The van der Waals surface area contributed by atoms with Crippen LogP contribution in [0.15, 0.2) is 48.5 Å². The minimum atomic E-state index is 0.614. The Bertz CT molecular complexity index is 637. The number of halogens is 2. The molecule has 0 saturated carbocycles. The Labute approximate surface area is 154 Å². The molecule has 1 aliphatic rings. The Morgan fingerprint density at radius 1 is 1.00 bits per heavy atom. The molecule has 1 aliphatic heterocycles. The zero-order chi connectivity index (χ0) is 16.8. The molecule has 1 fully saturated rings. The van der Waals surface area contributed by atoms with Gasteiger partial charge in [0, 0.05) is 22.6 Å². The molecular formula is C20H24Cl2N2. The van der Waals surface area contributed by atoms with Crippen LogP contribution in [0.1, 0.15) is 24.0 Å². The fourth-order valence-corrected chi connectivity index (χ4v) is 3.78. The van der Waals surface area contributed by atoms with Gasteiger partial charge in [0.1, 0.15) is 0 Å². The summed E-state index contributed by atoms with van der Waals surface area (Å²) in [6.07, 6.45) is 3.36. The number of nitrogens with zero attached hydrogens (tertiary/aromatic N) is 1. The van der Waals surface area contributed by atoms with Gasteiger partial charge in [-0.15, -0.1) is 0 Å². The molecule has 1 heterocycles. The van der Waals surface area contributed by atoms with E-state index in [1.54, 1.807) is 0 Å². The molecule has 128 valence electrons. The average molecular weight is 363 g/mol. The van der Waals surface area contributed by atoms with Crippen molar-refractivity contribution < 1.29 is 0 Å². The van der Waals surface area contributed by atoms with E-state index < -0.39 is 0 Å². The predicted octanol–water partition coefficient (Wildman–Crippen LogP) is 4.79. The summed E-state index contributed by atoms with van der Waals surface area (Å²) in [5.41, 5.74) is 2.57. The lowest BCUT2D eigenvalue weighted by atomic mass is 10.0. The highest BCUT2D eigenvalue weighted by Crippen LogP contribution is 2.21. The van der Waals surface area contributed by atoms with E-state index in [2.05, 4.69) is 40.5 Å². The first-order chi connectivity index (χ1) is 11.7. The molecule has 0 radical (unpaired) electrons. The van der Waals surface area contributed by atoms with Crippen LogP contribution in [0.4, 0.5) is 0 Å². The fraction of sp³-hybridized carbons (Fsp3) is 0.400. The molecule has 0 spiro atoms. The van der Waals surface area contributed by atoms with Crippen LogP contribution < -0.4 is 5.32 Å². The number of nitrogens with one attached hydrogen (secondary N) is 1. The Hall–Kier alpha value is -1.06. The first kappa shape index (κ1) is 17.8.